The summed E-state index contributed by atoms with van der Waals surface area (Å²) in [7, 11) is 0. The molecule has 1 aromatic carbocycles. The number of amides is 1. The van der Waals surface area contributed by atoms with Gasteiger partial charge in [0.2, 0.25) is 5.91 Å². The molecule has 2 aromatic rings. The SMILES string of the molecule is CSCCC(N)C(=O)Nc1nc(-c2ccc(SC)cc2)cs1. The third kappa shape index (κ3) is 4.74. The second kappa shape index (κ2) is 8.57. The van der Waals surface area contributed by atoms with E-state index < -0.39 is 6.04 Å². The predicted molar refractivity (Wildman–Crippen MR) is 98.9 cm³/mol. The van der Waals surface area contributed by atoms with Crippen LogP contribution in [0.25, 0.3) is 11.3 Å². The number of anilines is 1. The number of carbonyl (C=O) groups excluding carboxylic acids is 1. The number of benzene rings is 1. The summed E-state index contributed by atoms with van der Waals surface area (Å²) in [4.78, 5) is 17.6. The number of rotatable bonds is 7. The number of nitrogens with one attached hydrogen (secondary N) is 1. The highest BCUT2D eigenvalue weighted by Gasteiger charge is 2.15. The first-order chi connectivity index (χ1) is 10.6. The molecule has 1 unspecified atom stereocenters. The van der Waals surface area contributed by atoms with Gasteiger partial charge in [0.25, 0.3) is 0 Å². The van der Waals surface area contributed by atoms with E-state index in [1.54, 1.807) is 23.5 Å². The van der Waals surface area contributed by atoms with E-state index in [1.807, 2.05) is 30.0 Å². The molecule has 0 saturated carbocycles. The average molecular weight is 354 g/mol. The molecule has 22 heavy (non-hydrogen) atoms. The van der Waals surface area contributed by atoms with Crippen LogP contribution in [0.5, 0.6) is 0 Å². The Morgan fingerprint density at radius 2 is 2.09 bits per heavy atom. The van der Waals surface area contributed by atoms with Crippen molar-refractivity contribution in [1.82, 2.24) is 4.98 Å². The fourth-order valence-corrected chi connectivity index (χ4v) is 3.42. The number of carbonyl (C=O) groups is 1. The first-order valence-corrected chi connectivity index (χ1v) is 10.3. The Morgan fingerprint density at radius 3 is 2.73 bits per heavy atom. The van der Waals surface area contributed by atoms with Gasteiger partial charge in [-0.15, -0.1) is 23.1 Å². The van der Waals surface area contributed by atoms with E-state index in [-0.39, 0.29) is 5.91 Å². The van der Waals surface area contributed by atoms with E-state index in [2.05, 4.69) is 22.4 Å². The van der Waals surface area contributed by atoms with Gasteiger partial charge in [-0.1, -0.05) is 12.1 Å². The zero-order chi connectivity index (χ0) is 15.9. The number of nitrogens with zero attached hydrogens (tertiary/aromatic N) is 1. The standard InChI is InChI=1S/C15H19N3OS3/c1-20-8-7-12(16)14(19)18-15-17-13(9-22-15)10-3-5-11(21-2)6-4-10/h3-6,9,12H,7-8,16H2,1-2H3,(H,17,18,19). The van der Waals surface area contributed by atoms with E-state index in [4.69, 9.17) is 5.73 Å². The molecular formula is C15H19N3OS3. The van der Waals surface area contributed by atoms with Gasteiger partial charge in [0.05, 0.1) is 11.7 Å². The zero-order valence-corrected chi connectivity index (χ0v) is 15.0. The van der Waals surface area contributed by atoms with Crippen LogP contribution in [-0.2, 0) is 4.79 Å². The van der Waals surface area contributed by atoms with Crippen molar-refractivity contribution in [3.63, 3.8) is 0 Å². The van der Waals surface area contributed by atoms with Crippen LogP contribution in [0.3, 0.4) is 0 Å². The number of hydrogen-bond donors (Lipinski definition) is 2. The lowest BCUT2D eigenvalue weighted by Gasteiger charge is -2.09. The Morgan fingerprint density at radius 1 is 1.36 bits per heavy atom. The fourth-order valence-electron chi connectivity index (χ4n) is 1.80. The van der Waals surface area contributed by atoms with Crippen molar-refractivity contribution in [1.29, 1.82) is 0 Å². The van der Waals surface area contributed by atoms with Gasteiger partial charge >= 0.3 is 0 Å². The number of thioether (sulfide) groups is 2. The molecule has 3 N–H and O–H groups in total. The van der Waals surface area contributed by atoms with Gasteiger partial charge in [0.15, 0.2) is 5.13 Å². The largest absolute Gasteiger partial charge is 0.320 e. The van der Waals surface area contributed by atoms with E-state index in [0.717, 1.165) is 17.0 Å². The second-order valence-corrected chi connectivity index (χ2v) is 7.37. The van der Waals surface area contributed by atoms with Crippen molar-refractivity contribution in [2.45, 2.75) is 17.4 Å². The first kappa shape index (κ1) is 17.3. The van der Waals surface area contributed by atoms with Crippen molar-refractivity contribution < 1.29 is 4.79 Å². The molecule has 0 fully saturated rings. The van der Waals surface area contributed by atoms with Gasteiger partial charge < -0.3 is 11.1 Å². The minimum absolute atomic E-state index is 0.173. The van der Waals surface area contributed by atoms with Gasteiger partial charge in [-0.2, -0.15) is 11.8 Å². The molecule has 0 radical (unpaired) electrons. The molecule has 4 nitrogen and oxygen atoms in total. The van der Waals surface area contributed by atoms with Gasteiger partial charge in [-0.3, -0.25) is 4.79 Å². The maximum atomic E-state index is 12.0. The summed E-state index contributed by atoms with van der Waals surface area (Å²) in [6, 6.07) is 7.72. The molecule has 7 heteroatoms. The number of nitrogens with two attached hydrogens (primary N) is 1. The monoisotopic (exact) mass is 353 g/mol. The minimum atomic E-state index is -0.485. The Balaban J connectivity index is 2.00. The van der Waals surface area contributed by atoms with Gasteiger partial charge in [0, 0.05) is 15.8 Å². The molecule has 2 rings (SSSR count). The van der Waals surface area contributed by atoms with Gasteiger partial charge in [-0.05, 0) is 36.8 Å². The Kier molecular flexibility index (Phi) is 6.75. The smallest absolute Gasteiger partial charge is 0.243 e. The summed E-state index contributed by atoms with van der Waals surface area (Å²) in [6.07, 6.45) is 4.72. The van der Waals surface area contributed by atoms with E-state index >= 15 is 0 Å². The Bertz CT molecular complexity index is 613. The van der Waals surface area contributed by atoms with Crippen LogP contribution >= 0.6 is 34.9 Å². The summed E-state index contributed by atoms with van der Waals surface area (Å²) >= 11 is 4.80. The van der Waals surface area contributed by atoms with E-state index in [9.17, 15) is 4.79 Å². The summed E-state index contributed by atoms with van der Waals surface area (Å²) in [6.45, 7) is 0. The fraction of sp³-hybridized carbons (Fsp3) is 0.333. The molecule has 1 heterocycles. The van der Waals surface area contributed by atoms with Crippen LogP contribution in [0.4, 0.5) is 5.13 Å². The van der Waals surface area contributed by atoms with Crippen molar-refractivity contribution in [3.05, 3.63) is 29.6 Å². The maximum Gasteiger partial charge on any atom is 0.243 e. The van der Waals surface area contributed by atoms with Crippen LogP contribution < -0.4 is 11.1 Å². The third-order valence-corrected chi connectivity index (χ3v) is 5.24. The Hall–Kier alpha value is -1.02. The summed E-state index contributed by atoms with van der Waals surface area (Å²) < 4.78 is 0. The molecule has 0 aliphatic heterocycles. The molecule has 0 bridgehead atoms. The van der Waals surface area contributed by atoms with Crippen LogP contribution in [0.15, 0.2) is 34.5 Å². The van der Waals surface area contributed by atoms with Gasteiger partial charge in [0.1, 0.15) is 0 Å². The van der Waals surface area contributed by atoms with Crippen molar-refractivity contribution >= 4 is 45.9 Å². The van der Waals surface area contributed by atoms with Crippen LogP contribution in [-0.4, -0.2) is 35.2 Å². The first-order valence-electron chi connectivity index (χ1n) is 6.79. The number of thiazole rings is 1. The summed E-state index contributed by atoms with van der Waals surface area (Å²) in [5.41, 5.74) is 7.76. The van der Waals surface area contributed by atoms with Crippen molar-refractivity contribution in [2.24, 2.45) is 5.73 Å². The Labute approximate surface area is 143 Å². The molecule has 1 atom stereocenters. The molecule has 1 aromatic heterocycles. The highest BCUT2D eigenvalue weighted by atomic mass is 32.2. The lowest BCUT2D eigenvalue weighted by molar-refractivity contribution is -0.117. The zero-order valence-electron chi connectivity index (χ0n) is 12.5. The van der Waals surface area contributed by atoms with Crippen LogP contribution in [0.2, 0.25) is 0 Å². The highest BCUT2D eigenvalue weighted by Crippen LogP contribution is 2.26. The lowest BCUT2D eigenvalue weighted by atomic mass is 10.2. The minimum Gasteiger partial charge on any atom is -0.320 e. The number of aromatic nitrogens is 1. The molecule has 0 saturated heterocycles. The third-order valence-electron chi connectivity index (χ3n) is 3.09. The topological polar surface area (TPSA) is 68.0 Å². The normalized spacial score (nSPS) is 12.1. The summed E-state index contributed by atoms with van der Waals surface area (Å²) in [5, 5.41) is 5.33. The lowest BCUT2D eigenvalue weighted by Crippen LogP contribution is -2.36. The maximum absolute atomic E-state index is 12.0. The second-order valence-electron chi connectivity index (χ2n) is 4.64. The molecule has 1 amide bonds. The highest BCUT2D eigenvalue weighted by molar-refractivity contribution is 7.98. The van der Waals surface area contributed by atoms with E-state index in [1.165, 1.54) is 16.2 Å². The molecule has 0 spiro atoms. The number of hydrogen-bond acceptors (Lipinski definition) is 6. The summed E-state index contributed by atoms with van der Waals surface area (Å²) in [5.74, 6) is 0.701. The van der Waals surface area contributed by atoms with Crippen LogP contribution in [0.1, 0.15) is 6.42 Å². The van der Waals surface area contributed by atoms with Crippen molar-refractivity contribution in [3.8, 4) is 11.3 Å². The van der Waals surface area contributed by atoms with Crippen LogP contribution in [0, 0.1) is 0 Å². The quantitative estimate of drug-likeness (QED) is 0.745. The molecule has 118 valence electrons. The molecule has 0 aliphatic carbocycles. The van der Waals surface area contributed by atoms with Gasteiger partial charge in [-0.25, -0.2) is 4.98 Å². The molecular weight excluding hydrogens is 334 g/mol. The molecule has 0 aliphatic rings. The van der Waals surface area contributed by atoms with Crippen molar-refractivity contribution in [2.75, 3.05) is 23.6 Å². The predicted octanol–water partition coefficient (Wildman–Crippen LogP) is 3.55. The van der Waals surface area contributed by atoms with E-state index in [0.29, 0.717) is 11.6 Å². The average Bonchev–Trinajstić information content (AvgIpc) is 3.01.